The molecule has 2 aromatic heterocycles. The van der Waals surface area contributed by atoms with Crippen molar-refractivity contribution in [3.63, 3.8) is 0 Å². The molecule has 0 spiro atoms. The van der Waals surface area contributed by atoms with E-state index >= 15 is 0 Å². The lowest BCUT2D eigenvalue weighted by molar-refractivity contribution is 0.135. The Morgan fingerprint density at radius 1 is 1.00 bits per heavy atom. The maximum absolute atomic E-state index is 13.2. The smallest absolute Gasteiger partial charge is 0.277 e. The normalized spacial score (nSPS) is 15.0. The highest BCUT2D eigenvalue weighted by Gasteiger charge is 2.28. The Hall–Kier alpha value is -3.39. The highest BCUT2D eigenvalue weighted by molar-refractivity contribution is 5.60. The second kappa shape index (κ2) is 6.89. The van der Waals surface area contributed by atoms with Crippen LogP contribution in [-0.4, -0.2) is 37.6 Å². The van der Waals surface area contributed by atoms with Crippen molar-refractivity contribution < 1.29 is 8.78 Å². The summed E-state index contributed by atoms with van der Waals surface area (Å²) >= 11 is 0. The Bertz CT molecular complexity index is 1220. The highest BCUT2D eigenvalue weighted by atomic mass is 19.1. The number of hydrogen-bond acceptors (Lipinski definition) is 4. The van der Waals surface area contributed by atoms with E-state index < -0.39 is 0 Å². The van der Waals surface area contributed by atoms with Crippen molar-refractivity contribution in [1.82, 2.24) is 24.5 Å². The topological polar surface area (TPSA) is 66.3 Å². The number of rotatable bonds is 4. The summed E-state index contributed by atoms with van der Waals surface area (Å²) in [5.41, 5.74) is 1.84. The molecule has 4 aromatic rings. The first-order valence-electron chi connectivity index (χ1n) is 9.27. The molecule has 0 unspecified atom stereocenters. The Morgan fingerprint density at radius 2 is 1.66 bits per heavy atom. The zero-order valence-electron chi connectivity index (χ0n) is 15.3. The Labute approximate surface area is 164 Å². The quantitative estimate of drug-likeness (QED) is 0.579. The first kappa shape index (κ1) is 17.7. The second-order valence-corrected chi connectivity index (χ2v) is 7.23. The fourth-order valence-electron chi connectivity index (χ4n) is 3.67. The fraction of sp³-hybridized carbons (Fsp3) is 0.190. The molecule has 8 heteroatoms. The van der Waals surface area contributed by atoms with Gasteiger partial charge in [0.2, 0.25) is 0 Å². The van der Waals surface area contributed by atoms with Gasteiger partial charge in [-0.25, -0.2) is 18.3 Å². The number of nitrogens with zero attached hydrogens (tertiary/aromatic N) is 4. The molecule has 0 bridgehead atoms. The third-order valence-electron chi connectivity index (χ3n) is 5.22. The third-order valence-corrected chi connectivity index (χ3v) is 5.22. The SMILES string of the molecule is O=c1[nH]c(CN2CC(c3ccc(F)cc3)C2)nn2c(-c3ccc(F)cc3)ncc12. The number of hydrogen-bond donors (Lipinski definition) is 1. The summed E-state index contributed by atoms with van der Waals surface area (Å²) in [6, 6.07) is 12.5. The van der Waals surface area contributed by atoms with Gasteiger partial charge in [-0.2, -0.15) is 5.10 Å². The van der Waals surface area contributed by atoms with E-state index in [0.717, 1.165) is 18.7 Å². The standard InChI is InChI=1S/C21H17F2N5O/c22-16-5-1-13(2-6-16)15-10-27(11-15)12-19-25-21(29)18-9-24-20(28(18)26-19)14-3-7-17(23)8-4-14/h1-9,15H,10-12H2,(H,25,26,29). The van der Waals surface area contributed by atoms with Crippen LogP contribution < -0.4 is 5.56 Å². The minimum atomic E-state index is -0.338. The van der Waals surface area contributed by atoms with Crippen LogP contribution >= 0.6 is 0 Å². The van der Waals surface area contributed by atoms with Gasteiger partial charge in [-0.3, -0.25) is 9.69 Å². The molecule has 146 valence electrons. The van der Waals surface area contributed by atoms with Crippen molar-refractivity contribution in [3.05, 3.63) is 88.1 Å². The van der Waals surface area contributed by atoms with Gasteiger partial charge in [0.15, 0.2) is 11.3 Å². The zero-order chi connectivity index (χ0) is 20.0. The first-order valence-corrected chi connectivity index (χ1v) is 9.27. The molecule has 0 amide bonds. The van der Waals surface area contributed by atoms with Crippen LogP contribution in [0.15, 0.2) is 59.5 Å². The number of benzene rings is 2. The van der Waals surface area contributed by atoms with Gasteiger partial charge < -0.3 is 4.98 Å². The summed E-state index contributed by atoms with van der Waals surface area (Å²) in [4.78, 5) is 21.7. The third kappa shape index (κ3) is 3.31. The number of aromatic amines is 1. The van der Waals surface area contributed by atoms with Crippen LogP contribution in [0, 0.1) is 11.6 Å². The van der Waals surface area contributed by atoms with Gasteiger partial charge in [-0.15, -0.1) is 0 Å². The molecule has 3 heterocycles. The average Bonchev–Trinajstić information content (AvgIpc) is 3.10. The van der Waals surface area contributed by atoms with E-state index in [0.29, 0.717) is 35.2 Å². The number of halogens is 2. The molecular formula is C21H17F2N5O. The monoisotopic (exact) mass is 393 g/mol. The molecule has 1 aliphatic rings. The number of nitrogens with one attached hydrogen (secondary N) is 1. The molecule has 6 nitrogen and oxygen atoms in total. The fourth-order valence-corrected chi connectivity index (χ4v) is 3.67. The number of H-pyrrole nitrogens is 1. The molecule has 0 atom stereocenters. The molecular weight excluding hydrogens is 376 g/mol. The summed E-state index contributed by atoms with van der Waals surface area (Å²) in [5, 5.41) is 4.54. The van der Waals surface area contributed by atoms with Crippen LogP contribution in [0.5, 0.6) is 0 Å². The van der Waals surface area contributed by atoms with E-state index in [1.165, 1.54) is 35.0 Å². The van der Waals surface area contributed by atoms with Gasteiger partial charge in [0, 0.05) is 24.6 Å². The predicted octanol–water partition coefficient (Wildman–Crippen LogP) is 2.96. The molecule has 0 aliphatic carbocycles. The number of fused-ring (bicyclic) bond motifs is 1. The number of imidazole rings is 1. The Morgan fingerprint density at radius 3 is 2.34 bits per heavy atom. The van der Waals surface area contributed by atoms with Gasteiger partial charge in [-0.05, 0) is 42.0 Å². The van der Waals surface area contributed by atoms with E-state index in [1.807, 2.05) is 12.1 Å². The van der Waals surface area contributed by atoms with Gasteiger partial charge >= 0.3 is 0 Å². The molecule has 1 N–H and O–H groups in total. The van der Waals surface area contributed by atoms with Crippen molar-refractivity contribution in [2.24, 2.45) is 0 Å². The highest BCUT2D eigenvalue weighted by Crippen LogP contribution is 2.28. The molecule has 2 aromatic carbocycles. The van der Waals surface area contributed by atoms with Crippen LogP contribution in [0.25, 0.3) is 16.9 Å². The molecule has 1 aliphatic heterocycles. The van der Waals surface area contributed by atoms with Crippen molar-refractivity contribution in [2.45, 2.75) is 12.5 Å². The van der Waals surface area contributed by atoms with E-state index in [1.54, 1.807) is 12.1 Å². The minimum absolute atomic E-state index is 0.239. The van der Waals surface area contributed by atoms with Crippen LogP contribution in [0.4, 0.5) is 8.78 Å². The molecule has 0 saturated carbocycles. The average molecular weight is 393 g/mol. The maximum Gasteiger partial charge on any atom is 0.277 e. The predicted molar refractivity (Wildman–Crippen MR) is 103 cm³/mol. The summed E-state index contributed by atoms with van der Waals surface area (Å²) < 4.78 is 27.8. The minimum Gasteiger partial charge on any atom is -0.306 e. The summed E-state index contributed by atoms with van der Waals surface area (Å²) in [6.07, 6.45) is 1.46. The van der Waals surface area contributed by atoms with Crippen LogP contribution in [-0.2, 0) is 6.54 Å². The molecule has 5 rings (SSSR count). The number of aromatic nitrogens is 4. The van der Waals surface area contributed by atoms with Crippen molar-refractivity contribution in [1.29, 1.82) is 0 Å². The molecule has 29 heavy (non-hydrogen) atoms. The van der Waals surface area contributed by atoms with Crippen LogP contribution in [0.2, 0.25) is 0 Å². The second-order valence-electron chi connectivity index (χ2n) is 7.23. The molecule has 0 radical (unpaired) electrons. The van der Waals surface area contributed by atoms with Crippen molar-refractivity contribution in [3.8, 4) is 11.4 Å². The first-order chi connectivity index (χ1) is 14.1. The van der Waals surface area contributed by atoms with E-state index in [9.17, 15) is 13.6 Å². The van der Waals surface area contributed by atoms with Crippen molar-refractivity contribution >= 4 is 5.52 Å². The van der Waals surface area contributed by atoms with E-state index in [4.69, 9.17) is 0 Å². The van der Waals surface area contributed by atoms with Gasteiger partial charge in [0.05, 0.1) is 12.7 Å². The maximum atomic E-state index is 13.2. The van der Waals surface area contributed by atoms with E-state index in [2.05, 4.69) is 20.0 Å². The largest absolute Gasteiger partial charge is 0.306 e. The van der Waals surface area contributed by atoms with Gasteiger partial charge in [-0.1, -0.05) is 12.1 Å². The van der Waals surface area contributed by atoms with Crippen LogP contribution in [0.1, 0.15) is 17.3 Å². The lowest BCUT2D eigenvalue weighted by Crippen LogP contribution is -2.44. The van der Waals surface area contributed by atoms with Crippen molar-refractivity contribution in [2.75, 3.05) is 13.1 Å². The Balaban J connectivity index is 1.37. The molecule has 1 fully saturated rings. The summed E-state index contributed by atoms with van der Waals surface area (Å²) in [6.45, 7) is 2.11. The summed E-state index contributed by atoms with van der Waals surface area (Å²) in [7, 11) is 0. The van der Waals surface area contributed by atoms with Gasteiger partial charge in [0.1, 0.15) is 17.5 Å². The number of likely N-dealkylation sites (tertiary alicyclic amines) is 1. The van der Waals surface area contributed by atoms with Gasteiger partial charge in [0.25, 0.3) is 5.56 Å². The lowest BCUT2D eigenvalue weighted by atomic mass is 9.91. The van der Waals surface area contributed by atoms with E-state index in [-0.39, 0.29) is 17.2 Å². The summed E-state index contributed by atoms with van der Waals surface area (Å²) in [5.74, 6) is 0.780. The lowest BCUT2D eigenvalue weighted by Gasteiger charge is -2.39. The Kier molecular flexibility index (Phi) is 4.21. The van der Waals surface area contributed by atoms with Crippen LogP contribution in [0.3, 0.4) is 0 Å². The molecule has 1 saturated heterocycles. The zero-order valence-corrected chi connectivity index (χ0v) is 15.3.